The number of imide groups is 1. The Kier molecular flexibility index (Phi) is 5.63. The minimum Gasteiger partial charge on any atom is -0.483 e. The van der Waals surface area contributed by atoms with Crippen LogP contribution in [0.15, 0.2) is 54.6 Å². The van der Waals surface area contributed by atoms with Crippen LogP contribution in [0.1, 0.15) is 24.5 Å². The fourth-order valence-corrected chi connectivity index (χ4v) is 3.01. The molecule has 1 fully saturated rings. The van der Waals surface area contributed by atoms with Crippen molar-refractivity contribution in [3.63, 3.8) is 0 Å². The zero-order valence-electron chi connectivity index (χ0n) is 15.9. The predicted molar refractivity (Wildman–Crippen MR) is 103 cm³/mol. The number of nitrogens with one attached hydrogen (secondary N) is 2. The lowest BCUT2D eigenvalue weighted by molar-refractivity contribution is -0.139. The number of para-hydroxylation sites is 1. The van der Waals surface area contributed by atoms with Crippen LogP contribution in [-0.2, 0) is 16.0 Å². The van der Waals surface area contributed by atoms with Crippen LogP contribution in [0.5, 0.6) is 5.75 Å². The number of amides is 4. The summed E-state index contributed by atoms with van der Waals surface area (Å²) in [4.78, 5) is 37.1. The topological polar surface area (TPSA) is 87.7 Å². The van der Waals surface area contributed by atoms with Gasteiger partial charge in [-0.05, 0) is 43.9 Å². The highest BCUT2D eigenvalue weighted by Gasteiger charge is 2.48. The summed E-state index contributed by atoms with van der Waals surface area (Å²) in [5, 5.41) is 3.40. The monoisotopic (exact) mass is 381 g/mol. The number of ether oxygens (including phenoxy) is 1. The lowest BCUT2D eigenvalue weighted by Crippen LogP contribution is -2.50. The van der Waals surface area contributed by atoms with Gasteiger partial charge in [0.2, 0.25) is 0 Å². The van der Waals surface area contributed by atoms with E-state index >= 15 is 0 Å². The Balaban J connectivity index is 1.57. The predicted octanol–water partition coefficient (Wildman–Crippen LogP) is 2.35. The molecule has 0 aromatic heterocycles. The third-order valence-corrected chi connectivity index (χ3v) is 4.71. The Morgan fingerprint density at radius 3 is 2.50 bits per heavy atom. The van der Waals surface area contributed by atoms with E-state index in [4.69, 9.17) is 4.74 Å². The van der Waals surface area contributed by atoms with Crippen molar-refractivity contribution in [3.05, 3.63) is 65.7 Å². The van der Waals surface area contributed by atoms with E-state index in [1.54, 1.807) is 19.1 Å². The molecule has 7 nitrogen and oxygen atoms in total. The summed E-state index contributed by atoms with van der Waals surface area (Å²) in [6.07, 6.45) is 1.05. The number of carbonyl (C=O) groups excluding carboxylic acids is 3. The molecule has 4 amide bonds. The standard InChI is InChI=1S/C21H23N3O4/c1-15-8-6-7-11-17(15)28-14-18(25)23-24-19(26)21(2,22-20(24)27)13-12-16-9-4-3-5-10-16/h3-11H,12-14H2,1-2H3,(H,22,27)(H,23,25)/t21-/m0/s1. The van der Waals surface area contributed by atoms with Crippen molar-refractivity contribution in [2.75, 3.05) is 6.61 Å². The van der Waals surface area contributed by atoms with E-state index < -0.39 is 23.4 Å². The Labute approximate surface area is 163 Å². The molecule has 1 aliphatic heterocycles. The number of aryl methyl sites for hydroxylation is 2. The van der Waals surface area contributed by atoms with Crippen LogP contribution in [0.4, 0.5) is 4.79 Å². The van der Waals surface area contributed by atoms with Crippen LogP contribution in [0.3, 0.4) is 0 Å². The summed E-state index contributed by atoms with van der Waals surface area (Å²) in [5.41, 5.74) is 3.21. The number of hydrogen-bond donors (Lipinski definition) is 2. The molecule has 0 spiro atoms. The van der Waals surface area contributed by atoms with Gasteiger partial charge in [-0.15, -0.1) is 0 Å². The number of carbonyl (C=O) groups is 3. The quantitative estimate of drug-likeness (QED) is 0.721. The summed E-state index contributed by atoms with van der Waals surface area (Å²) in [7, 11) is 0. The number of benzene rings is 2. The second-order valence-corrected chi connectivity index (χ2v) is 6.98. The highest BCUT2D eigenvalue weighted by molar-refractivity contribution is 6.07. The SMILES string of the molecule is Cc1ccccc1OCC(=O)NN1C(=O)N[C@@](C)(CCc2ccccc2)C1=O. The summed E-state index contributed by atoms with van der Waals surface area (Å²) in [6, 6.07) is 16.3. The molecule has 1 heterocycles. The molecule has 3 rings (SSSR count). The molecule has 7 heteroatoms. The molecule has 2 aromatic carbocycles. The first-order chi connectivity index (χ1) is 13.4. The fourth-order valence-electron chi connectivity index (χ4n) is 3.01. The molecule has 1 aliphatic rings. The van der Waals surface area contributed by atoms with Crippen LogP contribution in [0.2, 0.25) is 0 Å². The van der Waals surface area contributed by atoms with Crippen LogP contribution < -0.4 is 15.5 Å². The lowest BCUT2D eigenvalue weighted by Gasteiger charge is -2.21. The minimum atomic E-state index is -1.07. The maximum absolute atomic E-state index is 12.7. The van der Waals surface area contributed by atoms with Crippen molar-refractivity contribution < 1.29 is 19.1 Å². The van der Waals surface area contributed by atoms with Crippen molar-refractivity contribution in [2.24, 2.45) is 0 Å². The van der Waals surface area contributed by atoms with E-state index in [9.17, 15) is 14.4 Å². The highest BCUT2D eigenvalue weighted by atomic mass is 16.5. The van der Waals surface area contributed by atoms with E-state index in [1.807, 2.05) is 49.4 Å². The summed E-state index contributed by atoms with van der Waals surface area (Å²) in [5.74, 6) is -0.501. The molecular formula is C21H23N3O4. The number of hydrogen-bond acceptors (Lipinski definition) is 4. The van der Waals surface area contributed by atoms with Gasteiger partial charge in [-0.25, -0.2) is 4.79 Å². The molecule has 0 saturated carbocycles. The Morgan fingerprint density at radius 2 is 1.79 bits per heavy atom. The molecule has 1 saturated heterocycles. The van der Waals surface area contributed by atoms with Crippen LogP contribution in [-0.4, -0.2) is 35.0 Å². The van der Waals surface area contributed by atoms with Crippen molar-refractivity contribution in [1.29, 1.82) is 0 Å². The zero-order valence-corrected chi connectivity index (χ0v) is 15.9. The number of hydrazine groups is 1. The third kappa shape index (κ3) is 4.31. The minimum absolute atomic E-state index is 0.303. The van der Waals surface area contributed by atoms with Gasteiger partial charge >= 0.3 is 6.03 Å². The molecule has 2 N–H and O–H groups in total. The summed E-state index contributed by atoms with van der Waals surface area (Å²) >= 11 is 0. The van der Waals surface area contributed by atoms with Gasteiger partial charge in [0.05, 0.1) is 0 Å². The average molecular weight is 381 g/mol. The second-order valence-electron chi connectivity index (χ2n) is 6.98. The molecule has 1 atom stereocenters. The van der Waals surface area contributed by atoms with Crippen molar-refractivity contribution in [1.82, 2.24) is 15.8 Å². The van der Waals surface area contributed by atoms with Gasteiger partial charge in [0.1, 0.15) is 11.3 Å². The van der Waals surface area contributed by atoms with E-state index in [-0.39, 0.29) is 6.61 Å². The van der Waals surface area contributed by atoms with Gasteiger partial charge in [-0.1, -0.05) is 48.5 Å². The second kappa shape index (κ2) is 8.12. The molecular weight excluding hydrogens is 358 g/mol. The third-order valence-electron chi connectivity index (χ3n) is 4.71. The smallest absolute Gasteiger partial charge is 0.344 e. The Bertz CT molecular complexity index is 884. The Hall–Kier alpha value is -3.35. The largest absolute Gasteiger partial charge is 0.483 e. The van der Waals surface area contributed by atoms with Gasteiger partial charge in [0.25, 0.3) is 11.8 Å². The molecule has 2 aromatic rings. The van der Waals surface area contributed by atoms with Crippen LogP contribution in [0, 0.1) is 6.92 Å². The number of rotatable bonds is 7. The van der Waals surface area contributed by atoms with Gasteiger partial charge in [-0.3, -0.25) is 15.0 Å². The number of nitrogens with zero attached hydrogens (tertiary/aromatic N) is 1. The first-order valence-electron chi connectivity index (χ1n) is 9.07. The van der Waals surface area contributed by atoms with Gasteiger partial charge in [0.15, 0.2) is 6.61 Å². The molecule has 146 valence electrons. The van der Waals surface area contributed by atoms with Crippen LogP contribution >= 0.6 is 0 Å². The average Bonchev–Trinajstić information content (AvgIpc) is 2.90. The molecule has 0 unspecified atom stereocenters. The van der Waals surface area contributed by atoms with Gasteiger partial charge in [0, 0.05) is 0 Å². The van der Waals surface area contributed by atoms with E-state index in [1.165, 1.54) is 0 Å². The molecule has 0 bridgehead atoms. The Morgan fingerprint density at radius 1 is 1.11 bits per heavy atom. The molecule has 0 aliphatic carbocycles. The lowest BCUT2D eigenvalue weighted by atomic mass is 9.93. The normalized spacial score (nSPS) is 18.7. The number of urea groups is 1. The summed E-state index contributed by atoms with van der Waals surface area (Å²) < 4.78 is 5.45. The van der Waals surface area contributed by atoms with Crippen molar-refractivity contribution in [3.8, 4) is 5.75 Å². The first-order valence-corrected chi connectivity index (χ1v) is 9.07. The summed E-state index contributed by atoms with van der Waals surface area (Å²) in [6.45, 7) is 3.22. The van der Waals surface area contributed by atoms with Crippen molar-refractivity contribution >= 4 is 17.8 Å². The van der Waals surface area contributed by atoms with E-state index in [0.717, 1.165) is 16.1 Å². The first kappa shape index (κ1) is 19.4. The maximum Gasteiger partial charge on any atom is 0.344 e. The van der Waals surface area contributed by atoms with Gasteiger partial charge < -0.3 is 10.1 Å². The van der Waals surface area contributed by atoms with Crippen molar-refractivity contribution in [2.45, 2.75) is 32.2 Å². The fraction of sp³-hybridized carbons (Fsp3) is 0.286. The van der Waals surface area contributed by atoms with E-state index in [2.05, 4.69) is 10.7 Å². The highest BCUT2D eigenvalue weighted by Crippen LogP contribution is 2.22. The molecule has 0 radical (unpaired) electrons. The maximum atomic E-state index is 12.7. The van der Waals surface area contributed by atoms with E-state index in [0.29, 0.717) is 18.6 Å². The molecule has 28 heavy (non-hydrogen) atoms. The van der Waals surface area contributed by atoms with Gasteiger partial charge in [-0.2, -0.15) is 5.01 Å². The van der Waals surface area contributed by atoms with Crippen LogP contribution in [0.25, 0.3) is 0 Å². The zero-order chi connectivity index (χ0) is 20.1.